The smallest absolute Gasteiger partial charge is 0.257 e. The Morgan fingerprint density at radius 1 is 1.35 bits per heavy atom. The Balaban J connectivity index is 2.35. The van der Waals surface area contributed by atoms with Crippen LogP contribution < -0.4 is 0 Å². The molecule has 2 rings (SSSR count). The van der Waals surface area contributed by atoms with Crippen LogP contribution in [0.5, 0.6) is 0 Å². The monoisotopic (exact) mass is 275 g/mol. The number of hydrogen-bond acceptors (Lipinski definition) is 4. The number of carbonyl (C=O) groups is 1. The summed E-state index contributed by atoms with van der Waals surface area (Å²) in [5, 5.41) is 4.85. The Labute approximate surface area is 119 Å². The van der Waals surface area contributed by atoms with Crippen LogP contribution in [-0.2, 0) is 0 Å². The van der Waals surface area contributed by atoms with Crippen molar-refractivity contribution in [3.8, 4) is 0 Å². The number of hydrogen-bond donors (Lipinski definition) is 0. The van der Waals surface area contributed by atoms with Crippen LogP contribution in [0.1, 0.15) is 49.7 Å². The lowest BCUT2D eigenvalue weighted by atomic mass is 10.1. The van der Waals surface area contributed by atoms with E-state index in [2.05, 4.69) is 24.0 Å². The molecule has 0 saturated carbocycles. The van der Waals surface area contributed by atoms with Crippen molar-refractivity contribution in [1.82, 2.24) is 15.0 Å². The second-order valence-electron chi connectivity index (χ2n) is 5.88. The zero-order valence-corrected chi connectivity index (χ0v) is 12.7. The summed E-state index contributed by atoms with van der Waals surface area (Å²) in [6, 6.07) is 1.83. The van der Waals surface area contributed by atoms with Gasteiger partial charge in [0.2, 0.25) is 0 Å². The standard InChI is InChI=1S/C15H21N3O2/c1-9(2)8-18(5)15(19)11-6-12-13(10(3)4)17-20-14(12)16-7-11/h6-7,9-10H,8H2,1-5H3. The minimum atomic E-state index is -0.0241. The minimum Gasteiger partial charge on any atom is -0.341 e. The normalized spacial score (nSPS) is 11.6. The molecule has 0 aliphatic heterocycles. The van der Waals surface area contributed by atoms with Crippen molar-refractivity contribution in [2.24, 2.45) is 5.92 Å². The average Bonchev–Trinajstić information content (AvgIpc) is 2.79. The highest BCUT2D eigenvalue weighted by Gasteiger charge is 2.18. The lowest BCUT2D eigenvalue weighted by molar-refractivity contribution is 0.0779. The van der Waals surface area contributed by atoms with Crippen LogP contribution in [-0.4, -0.2) is 34.5 Å². The molecule has 2 heterocycles. The predicted octanol–water partition coefficient (Wildman–Crippen LogP) is 3.07. The molecule has 0 spiro atoms. The summed E-state index contributed by atoms with van der Waals surface area (Å²) in [4.78, 5) is 18.3. The summed E-state index contributed by atoms with van der Waals surface area (Å²) < 4.78 is 5.18. The van der Waals surface area contributed by atoms with Crippen molar-refractivity contribution in [2.75, 3.05) is 13.6 Å². The second kappa shape index (κ2) is 5.61. The Bertz CT molecular complexity index is 617. The van der Waals surface area contributed by atoms with Gasteiger partial charge in [0, 0.05) is 19.8 Å². The van der Waals surface area contributed by atoms with E-state index in [0.717, 1.165) is 17.6 Å². The van der Waals surface area contributed by atoms with Crippen molar-refractivity contribution in [2.45, 2.75) is 33.6 Å². The molecule has 0 fully saturated rings. The maximum absolute atomic E-state index is 12.4. The quantitative estimate of drug-likeness (QED) is 0.860. The van der Waals surface area contributed by atoms with Crippen LogP contribution in [0.3, 0.4) is 0 Å². The molecule has 0 unspecified atom stereocenters. The predicted molar refractivity (Wildman–Crippen MR) is 77.7 cm³/mol. The molecule has 0 N–H and O–H groups in total. The summed E-state index contributed by atoms with van der Waals surface area (Å²) in [6.07, 6.45) is 1.55. The molecule has 0 saturated heterocycles. The molecule has 108 valence electrons. The van der Waals surface area contributed by atoms with Crippen molar-refractivity contribution in [3.63, 3.8) is 0 Å². The zero-order chi connectivity index (χ0) is 14.9. The molecule has 5 nitrogen and oxygen atoms in total. The van der Waals surface area contributed by atoms with E-state index >= 15 is 0 Å². The summed E-state index contributed by atoms with van der Waals surface area (Å²) in [5.74, 6) is 0.642. The van der Waals surface area contributed by atoms with Crippen molar-refractivity contribution < 1.29 is 9.32 Å². The van der Waals surface area contributed by atoms with Gasteiger partial charge in [-0.1, -0.05) is 32.9 Å². The Morgan fingerprint density at radius 3 is 2.65 bits per heavy atom. The van der Waals surface area contributed by atoms with E-state index in [-0.39, 0.29) is 11.8 Å². The molecule has 0 atom stereocenters. The fourth-order valence-electron chi connectivity index (χ4n) is 2.23. The van der Waals surface area contributed by atoms with E-state index in [1.54, 1.807) is 11.1 Å². The van der Waals surface area contributed by atoms with Gasteiger partial charge in [0.1, 0.15) is 0 Å². The number of aromatic nitrogens is 2. The van der Waals surface area contributed by atoms with Gasteiger partial charge >= 0.3 is 0 Å². The fraction of sp³-hybridized carbons (Fsp3) is 0.533. The Hall–Kier alpha value is -1.91. The lowest BCUT2D eigenvalue weighted by Crippen LogP contribution is -2.30. The molecule has 5 heteroatoms. The molecule has 2 aromatic heterocycles. The summed E-state index contributed by atoms with van der Waals surface area (Å²) in [7, 11) is 1.81. The first-order valence-electron chi connectivity index (χ1n) is 6.91. The van der Waals surface area contributed by atoms with Crippen LogP contribution in [0.25, 0.3) is 11.1 Å². The highest BCUT2D eigenvalue weighted by molar-refractivity contribution is 5.96. The van der Waals surface area contributed by atoms with Crippen molar-refractivity contribution in [3.05, 3.63) is 23.5 Å². The zero-order valence-electron chi connectivity index (χ0n) is 12.7. The summed E-state index contributed by atoms with van der Waals surface area (Å²) in [6.45, 7) is 8.97. The van der Waals surface area contributed by atoms with E-state index in [4.69, 9.17) is 4.52 Å². The van der Waals surface area contributed by atoms with Gasteiger partial charge in [-0.2, -0.15) is 0 Å². The first kappa shape index (κ1) is 14.5. The van der Waals surface area contributed by atoms with Crippen LogP contribution in [0, 0.1) is 5.92 Å². The Morgan fingerprint density at radius 2 is 2.05 bits per heavy atom. The number of carbonyl (C=O) groups excluding carboxylic acids is 1. The molecule has 0 aromatic carbocycles. The number of fused-ring (bicyclic) bond motifs is 1. The maximum atomic E-state index is 12.4. The van der Waals surface area contributed by atoms with Crippen LogP contribution in [0.4, 0.5) is 0 Å². The molecular formula is C15H21N3O2. The first-order chi connectivity index (χ1) is 9.40. The van der Waals surface area contributed by atoms with Crippen molar-refractivity contribution >= 4 is 17.0 Å². The molecule has 20 heavy (non-hydrogen) atoms. The molecular weight excluding hydrogens is 254 g/mol. The third-order valence-electron chi connectivity index (χ3n) is 3.14. The maximum Gasteiger partial charge on any atom is 0.257 e. The van der Waals surface area contributed by atoms with Gasteiger partial charge in [0.25, 0.3) is 11.6 Å². The molecule has 1 amide bonds. The minimum absolute atomic E-state index is 0.0241. The number of nitrogens with zero attached hydrogens (tertiary/aromatic N) is 3. The van der Waals surface area contributed by atoms with Crippen molar-refractivity contribution in [1.29, 1.82) is 0 Å². The molecule has 0 bridgehead atoms. The van der Waals surface area contributed by atoms with E-state index in [1.165, 1.54) is 0 Å². The van der Waals surface area contributed by atoms with Gasteiger partial charge < -0.3 is 9.42 Å². The third kappa shape index (κ3) is 2.81. The van der Waals surface area contributed by atoms with E-state index in [9.17, 15) is 4.79 Å². The van der Waals surface area contributed by atoms with Gasteiger partial charge in [-0.25, -0.2) is 4.98 Å². The highest BCUT2D eigenvalue weighted by atomic mass is 16.5. The molecule has 0 radical (unpaired) electrons. The highest BCUT2D eigenvalue weighted by Crippen LogP contribution is 2.24. The molecule has 0 aliphatic carbocycles. The Kier molecular flexibility index (Phi) is 4.06. The van der Waals surface area contributed by atoms with Gasteiger partial charge in [-0.3, -0.25) is 4.79 Å². The van der Waals surface area contributed by atoms with E-state index in [1.807, 2.05) is 27.0 Å². The number of pyridine rings is 1. The fourth-order valence-corrected chi connectivity index (χ4v) is 2.23. The van der Waals surface area contributed by atoms with Gasteiger partial charge in [-0.15, -0.1) is 0 Å². The topological polar surface area (TPSA) is 59.2 Å². The first-order valence-corrected chi connectivity index (χ1v) is 6.91. The summed E-state index contributed by atoms with van der Waals surface area (Å²) >= 11 is 0. The van der Waals surface area contributed by atoms with E-state index in [0.29, 0.717) is 17.2 Å². The second-order valence-corrected chi connectivity index (χ2v) is 5.88. The van der Waals surface area contributed by atoms with Crippen LogP contribution >= 0.6 is 0 Å². The van der Waals surface area contributed by atoms with Crippen LogP contribution in [0.15, 0.2) is 16.8 Å². The lowest BCUT2D eigenvalue weighted by Gasteiger charge is -2.19. The van der Waals surface area contributed by atoms with Gasteiger partial charge in [0.05, 0.1) is 16.6 Å². The number of rotatable bonds is 4. The SMILES string of the molecule is CC(C)CN(C)C(=O)c1cnc2onc(C(C)C)c2c1. The van der Waals surface area contributed by atoms with Gasteiger partial charge in [-0.05, 0) is 17.9 Å². The molecule has 0 aliphatic rings. The van der Waals surface area contributed by atoms with E-state index < -0.39 is 0 Å². The largest absolute Gasteiger partial charge is 0.341 e. The molecule has 2 aromatic rings. The van der Waals surface area contributed by atoms with Crippen LogP contribution in [0.2, 0.25) is 0 Å². The third-order valence-corrected chi connectivity index (χ3v) is 3.14. The average molecular weight is 275 g/mol. The van der Waals surface area contributed by atoms with Gasteiger partial charge in [0.15, 0.2) is 0 Å². The number of amides is 1. The summed E-state index contributed by atoms with van der Waals surface area (Å²) in [5.41, 5.74) is 1.90.